The van der Waals surface area contributed by atoms with Crippen molar-refractivity contribution in [2.45, 2.75) is 52.1 Å². The van der Waals surface area contributed by atoms with Gasteiger partial charge in [0.2, 0.25) is 0 Å². The molecular weight excluding hydrogens is 248 g/mol. The van der Waals surface area contributed by atoms with E-state index in [1.807, 2.05) is 0 Å². The lowest BCUT2D eigenvalue weighted by Crippen LogP contribution is -2.36. The lowest BCUT2D eigenvalue weighted by molar-refractivity contribution is -0.157. The molecular formula is C18H26O2. The van der Waals surface area contributed by atoms with Crippen molar-refractivity contribution in [2.24, 2.45) is 41.4 Å². The Kier molecular flexibility index (Phi) is 2.98. The van der Waals surface area contributed by atoms with Crippen LogP contribution in [0.1, 0.15) is 46.0 Å². The molecule has 4 bridgehead atoms. The van der Waals surface area contributed by atoms with E-state index in [2.05, 4.69) is 26.0 Å². The summed E-state index contributed by atoms with van der Waals surface area (Å²) in [5.41, 5.74) is 0. The number of fused-ring (bicyclic) bond motifs is 9. The van der Waals surface area contributed by atoms with Gasteiger partial charge in [-0.05, 0) is 67.6 Å². The lowest BCUT2D eigenvalue weighted by atomic mass is 9.69. The second kappa shape index (κ2) is 4.61. The number of hydrogen-bond donors (Lipinski definition) is 0. The maximum absolute atomic E-state index is 12.5. The summed E-state index contributed by atoms with van der Waals surface area (Å²) in [6.07, 6.45) is 10.7. The van der Waals surface area contributed by atoms with Gasteiger partial charge in [0.05, 0.1) is 5.92 Å². The largest absolute Gasteiger partial charge is 0.462 e. The molecule has 0 saturated heterocycles. The molecule has 20 heavy (non-hydrogen) atoms. The first-order valence-electron chi connectivity index (χ1n) is 8.61. The first-order chi connectivity index (χ1) is 9.72. The van der Waals surface area contributed by atoms with Crippen molar-refractivity contribution in [2.75, 3.05) is 0 Å². The van der Waals surface area contributed by atoms with Gasteiger partial charge in [-0.15, -0.1) is 0 Å². The Bertz CT molecular complexity index is 437. The highest BCUT2D eigenvalue weighted by Gasteiger charge is 2.62. The van der Waals surface area contributed by atoms with Crippen LogP contribution in [0.15, 0.2) is 12.2 Å². The number of rotatable bonds is 4. The molecule has 7 atom stereocenters. The van der Waals surface area contributed by atoms with E-state index in [-0.39, 0.29) is 18.0 Å². The van der Waals surface area contributed by atoms with Crippen molar-refractivity contribution in [3.8, 4) is 0 Å². The standard InChI is InChI=1S/C18H26O2/c1-3-13(4-2)20-18(19)15-9-12-8-14(15)17-11-6-5-10(7-11)16(12)17/h5-6,10-17H,3-4,7-9H2,1-2H3. The third-order valence-electron chi connectivity index (χ3n) is 6.77. The van der Waals surface area contributed by atoms with Gasteiger partial charge in [-0.25, -0.2) is 0 Å². The van der Waals surface area contributed by atoms with Crippen LogP contribution in [0.3, 0.4) is 0 Å². The highest BCUT2D eigenvalue weighted by molar-refractivity contribution is 5.74. The first-order valence-corrected chi connectivity index (χ1v) is 8.61. The predicted molar refractivity (Wildman–Crippen MR) is 77.9 cm³/mol. The summed E-state index contributed by atoms with van der Waals surface area (Å²) in [6, 6.07) is 0. The van der Waals surface area contributed by atoms with E-state index in [1.54, 1.807) is 0 Å². The quantitative estimate of drug-likeness (QED) is 0.442. The van der Waals surface area contributed by atoms with Gasteiger partial charge in [0.25, 0.3) is 0 Å². The Balaban J connectivity index is 1.48. The van der Waals surface area contributed by atoms with Gasteiger partial charge in [0, 0.05) is 0 Å². The molecule has 2 nitrogen and oxygen atoms in total. The number of ether oxygens (including phenoxy) is 1. The molecule has 0 heterocycles. The third kappa shape index (κ3) is 1.66. The number of carbonyl (C=O) groups is 1. The highest BCUT2D eigenvalue weighted by Crippen LogP contribution is 2.67. The number of hydrogen-bond acceptors (Lipinski definition) is 2. The number of carbonyl (C=O) groups excluding carboxylic acids is 1. The third-order valence-corrected chi connectivity index (χ3v) is 6.77. The van der Waals surface area contributed by atoms with E-state index >= 15 is 0 Å². The molecule has 7 unspecified atom stereocenters. The topological polar surface area (TPSA) is 26.3 Å². The normalized spacial score (nSPS) is 47.2. The monoisotopic (exact) mass is 274 g/mol. The molecule has 4 aliphatic carbocycles. The minimum absolute atomic E-state index is 0.122. The zero-order chi connectivity index (χ0) is 13.9. The average Bonchev–Trinajstić information content (AvgIpc) is 3.21. The summed E-state index contributed by atoms with van der Waals surface area (Å²) in [5.74, 6) is 5.12. The van der Waals surface area contributed by atoms with Crippen molar-refractivity contribution in [3.63, 3.8) is 0 Å². The van der Waals surface area contributed by atoms with E-state index in [1.165, 1.54) is 12.8 Å². The van der Waals surface area contributed by atoms with Crippen molar-refractivity contribution in [3.05, 3.63) is 12.2 Å². The molecule has 2 heteroatoms. The number of esters is 1. The molecule has 0 aromatic rings. The maximum Gasteiger partial charge on any atom is 0.309 e. The van der Waals surface area contributed by atoms with Crippen LogP contribution in [-0.4, -0.2) is 12.1 Å². The fourth-order valence-corrected chi connectivity index (χ4v) is 5.99. The van der Waals surface area contributed by atoms with Gasteiger partial charge in [0.15, 0.2) is 0 Å². The second-order valence-corrected chi connectivity index (χ2v) is 7.48. The van der Waals surface area contributed by atoms with Gasteiger partial charge < -0.3 is 4.74 Å². The van der Waals surface area contributed by atoms with Gasteiger partial charge in [-0.3, -0.25) is 4.79 Å². The van der Waals surface area contributed by atoms with Crippen LogP contribution in [-0.2, 0) is 9.53 Å². The van der Waals surface area contributed by atoms with Gasteiger partial charge >= 0.3 is 5.97 Å². The molecule has 4 aliphatic rings. The Hall–Kier alpha value is -0.790. The molecule has 0 aromatic heterocycles. The molecule has 0 N–H and O–H groups in total. The van der Waals surface area contributed by atoms with Gasteiger partial charge in [0.1, 0.15) is 6.10 Å². The van der Waals surface area contributed by atoms with Gasteiger partial charge in [-0.2, -0.15) is 0 Å². The Morgan fingerprint density at radius 3 is 2.50 bits per heavy atom. The van der Waals surface area contributed by atoms with Crippen molar-refractivity contribution >= 4 is 5.97 Å². The molecule has 3 fully saturated rings. The van der Waals surface area contributed by atoms with E-state index in [9.17, 15) is 4.79 Å². The highest BCUT2D eigenvalue weighted by atomic mass is 16.5. The van der Waals surface area contributed by atoms with Crippen LogP contribution >= 0.6 is 0 Å². The summed E-state index contributed by atoms with van der Waals surface area (Å²) in [5, 5.41) is 0. The summed E-state index contributed by atoms with van der Waals surface area (Å²) < 4.78 is 5.76. The average molecular weight is 274 g/mol. The minimum atomic E-state index is 0.122. The molecule has 0 aliphatic heterocycles. The van der Waals surface area contributed by atoms with E-state index in [4.69, 9.17) is 4.74 Å². The zero-order valence-electron chi connectivity index (χ0n) is 12.6. The molecule has 0 amide bonds. The van der Waals surface area contributed by atoms with E-state index in [0.717, 1.165) is 48.9 Å². The smallest absolute Gasteiger partial charge is 0.309 e. The van der Waals surface area contributed by atoms with E-state index in [0.29, 0.717) is 5.92 Å². The molecule has 110 valence electrons. The first kappa shape index (κ1) is 12.9. The van der Waals surface area contributed by atoms with Crippen LogP contribution in [0.2, 0.25) is 0 Å². The summed E-state index contributed by atoms with van der Waals surface area (Å²) >= 11 is 0. The summed E-state index contributed by atoms with van der Waals surface area (Å²) in [6.45, 7) is 4.22. The fourth-order valence-electron chi connectivity index (χ4n) is 5.99. The van der Waals surface area contributed by atoms with Crippen molar-refractivity contribution in [1.82, 2.24) is 0 Å². The van der Waals surface area contributed by atoms with Crippen LogP contribution in [0, 0.1) is 41.4 Å². The molecule has 3 saturated carbocycles. The van der Waals surface area contributed by atoms with E-state index < -0.39 is 0 Å². The molecule has 0 radical (unpaired) electrons. The zero-order valence-corrected chi connectivity index (χ0v) is 12.6. The predicted octanol–water partition coefficient (Wildman–Crippen LogP) is 3.81. The van der Waals surface area contributed by atoms with Crippen LogP contribution in [0.25, 0.3) is 0 Å². The van der Waals surface area contributed by atoms with Crippen LogP contribution in [0.5, 0.6) is 0 Å². The Labute approximate surface area is 122 Å². The summed E-state index contributed by atoms with van der Waals surface area (Å²) in [4.78, 5) is 12.5. The number of allylic oxidation sites excluding steroid dienone is 2. The van der Waals surface area contributed by atoms with Crippen LogP contribution in [0.4, 0.5) is 0 Å². The molecule has 0 aromatic carbocycles. The molecule has 0 spiro atoms. The fraction of sp³-hybridized carbons (Fsp3) is 0.833. The lowest BCUT2D eigenvalue weighted by Gasteiger charge is -2.36. The van der Waals surface area contributed by atoms with Crippen LogP contribution < -0.4 is 0 Å². The van der Waals surface area contributed by atoms with Crippen molar-refractivity contribution in [1.29, 1.82) is 0 Å². The SMILES string of the molecule is CCC(CC)OC(=O)C1CC2CC1C1C3C=CC(C3)C21. The van der Waals surface area contributed by atoms with Crippen molar-refractivity contribution < 1.29 is 9.53 Å². The maximum atomic E-state index is 12.5. The van der Waals surface area contributed by atoms with Gasteiger partial charge in [-0.1, -0.05) is 26.0 Å². The minimum Gasteiger partial charge on any atom is -0.462 e. The molecule has 4 rings (SSSR count). The summed E-state index contributed by atoms with van der Waals surface area (Å²) in [7, 11) is 0. The second-order valence-electron chi connectivity index (χ2n) is 7.48. The Morgan fingerprint density at radius 2 is 1.80 bits per heavy atom. The Morgan fingerprint density at radius 1 is 1.10 bits per heavy atom.